The first kappa shape index (κ1) is 14.0. The highest BCUT2D eigenvalue weighted by atomic mass is 14.9. The Hall–Kier alpha value is -0.0400. The number of rotatable bonds is 7. The van der Waals surface area contributed by atoms with Crippen molar-refractivity contribution in [2.24, 2.45) is 11.3 Å². The minimum atomic E-state index is 0.483. The maximum atomic E-state index is 3.33. The molecule has 0 aliphatic carbocycles. The summed E-state index contributed by atoms with van der Waals surface area (Å²) < 4.78 is 0. The lowest BCUT2D eigenvalue weighted by atomic mass is 9.77. The molecule has 0 aromatic rings. The fourth-order valence-corrected chi connectivity index (χ4v) is 2.55. The Bertz CT molecular complexity index is 140. The SMILES string of the molecule is CCCC(C)CC(C)(C)CC(C)NC. The molecule has 0 radical (unpaired) electrons. The molecule has 0 fully saturated rings. The molecule has 1 nitrogen and oxygen atoms in total. The summed E-state index contributed by atoms with van der Waals surface area (Å²) in [4.78, 5) is 0. The second-order valence-electron chi connectivity index (χ2n) is 5.66. The van der Waals surface area contributed by atoms with Gasteiger partial charge >= 0.3 is 0 Å². The maximum absolute atomic E-state index is 3.33. The van der Waals surface area contributed by atoms with E-state index in [0.29, 0.717) is 11.5 Å². The molecule has 2 unspecified atom stereocenters. The van der Waals surface area contributed by atoms with E-state index in [1.165, 1.54) is 25.7 Å². The molecule has 14 heavy (non-hydrogen) atoms. The first-order valence-electron chi connectivity index (χ1n) is 6.08. The second kappa shape index (κ2) is 6.44. The van der Waals surface area contributed by atoms with Crippen molar-refractivity contribution >= 4 is 0 Å². The first-order valence-corrected chi connectivity index (χ1v) is 6.08. The molecule has 0 spiro atoms. The van der Waals surface area contributed by atoms with Gasteiger partial charge in [-0.15, -0.1) is 0 Å². The molecule has 0 heterocycles. The summed E-state index contributed by atoms with van der Waals surface area (Å²) in [6, 6.07) is 0.638. The fraction of sp³-hybridized carbons (Fsp3) is 1.00. The van der Waals surface area contributed by atoms with Crippen molar-refractivity contribution < 1.29 is 0 Å². The van der Waals surface area contributed by atoms with Crippen molar-refractivity contribution in [1.82, 2.24) is 5.32 Å². The van der Waals surface area contributed by atoms with Crippen LogP contribution in [0.2, 0.25) is 0 Å². The molecule has 1 heteroatoms. The van der Waals surface area contributed by atoms with Crippen LogP contribution in [0.4, 0.5) is 0 Å². The largest absolute Gasteiger partial charge is 0.317 e. The van der Waals surface area contributed by atoms with Gasteiger partial charge in [0.25, 0.3) is 0 Å². The van der Waals surface area contributed by atoms with Gasteiger partial charge in [-0.1, -0.05) is 40.5 Å². The van der Waals surface area contributed by atoms with Gasteiger partial charge in [0.1, 0.15) is 0 Å². The maximum Gasteiger partial charge on any atom is 0.00408 e. The van der Waals surface area contributed by atoms with Crippen molar-refractivity contribution in [1.29, 1.82) is 0 Å². The molecule has 0 saturated carbocycles. The topological polar surface area (TPSA) is 12.0 Å². The summed E-state index contributed by atoms with van der Waals surface area (Å²) in [6.45, 7) is 11.7. The van der Waals surface area contributed by atoms with Gasteiger partial charge in [0.15, 0.2) is 0 Å². The van der Waals surface area contributed by atoms with Gasteiger partial charge in [0.05, 0.1) is 0 Å². The molecule has 0 aromatic carbocycles. The Morgan fingerprint density at radius 2 is 1.71 bits per heavy atom. The van der Waals surface area contributed by atoms with Crippen LogP contribution >= 0.6 is 0 Å². The Morgan fingerprint density at radius 1 is 1.14 bits per heavy atom. The molecule has 0 aromatic heterocycles. The molecule has 86 valence electrons. The smallest absolute Gasteiger partial charge is 0.00408 e. The van der Waals surface area contributed by atoms with Crippen LogP contribution in [0.5, 0.6) is 0 Å². The predicted octanol–water partition coefficient (Wildman–Crippen LogP) is 3.84. The molecule has 0 saturated heterocycles. The Labute approximate surface area is 90.7 Å². The molecule has 0 amide bonds. The Kier molecular flexibility index (Phi) is 6.43. The van der Waals surface area contributed by atoms with Gasteiger partial charge in [-0.2, -0.15) is 0 Å². The van der Waals surface area contributed by atoms with Crippen molar-refractivity contribution in [3.8, 4) is 0 Å². The monoisotopic (exact) mass is 199 g/mol. The predicted molar refractivity (Wildman–Crippen MR) is 65.6 cm³/mol. The second-order valence-corrected chi connectivity index (χ2v) is 5.66. The van der Waals surface area contributed by atoms with E-state index in [4.69, 9.17) is 0 Å². The van der Waals surface area contributed by atoms with Gasteiger partial charge < -0.3 is 5.32 Å². The van der Waals surface area contributed by atoms with E-state index in [0.717, 1.165) is 5.92 Å². The van der Waals surface area contributed by atoms with E-state index in [-0.39, 0.29) is 0 Å². The van der Waals surface area contributed by atoms with Crippen molar-refractivity contribution in [3.05, 3.63) is 0 Å². The molecule has 0 aliphatic heterocycles. The Morgan fingerprint density at radius 3 is 2.14 bits per heavy atom. The number of hydrogen-bond donors (Lipinski definition) is 1. The Balaban J connectivity index is 3.92. The lowest BCUT2D eigenvalue weighted by molar-refractivity contribution is 0.227. The standard InChI is InChI=1S/C13H29N/c1-7-8-11(2)9-13(4,5)10-12(3)14-6/h11-12,14H,7-10H2,1-6H3. The average Bonchev–Trinajstić information content (AvgIpc) is 2.02. The summed E-state index contributed by atoms with van der Waals surface area (Å²) in [5, 5.41) is 3.33. The van der Waals surface area contributed by atoms with Crippen molar-refractivity contribution in [3.63, 3.8) is 0 Å². The van der Waals surface area contributed by atoms with E-state index in [9.17, 15) is 0 Å². The average molecular weight is 199 g/mol. The van der Waals surface area contributed by atoms with Crippen LogP contribution in [-0.4, -0.2) is 13.1 Å². The normalized spacial score (nSPS) is 16.7. The minimum Gasteiger partial charge on any atom is -0.317 e. The summed E-state index contributed by atoms with van der Waals surface area (Å²) in [7, 11) is 2.05. The molecule has 0 aliphatic rings. The van der Waals surface area contributed by atoms with Gasteiger partial charge in [-0.25, -0.2) is 0 Å². The molecule has 1 N–H and O–H groups in total. The van der Waals surface area contributed by atoms with Crippen LogP contribution in [-0.2, 0) is 0 Å². The zero-order valence-corrected chi connectivity index (χ0v) is 11.0. The third-order valence-electron chi connectivity index (χ3n) is 3.03. The molecule has 2 atom stereocenters. The van der Waals surface area contributed by atoms with Gasteiger partial charge in [0.2, 0.25) is 0 Å². The van der Waals surface area contributed by atoms with Crippen LogP contribution in [0.15, 0.2) is 0 Å². The van der Waals surface area contributed by atoms with Crippen molar-refractivity contribution in [2.75, 3.05) is 7.05 Å². The van der Waals surface area contributed by atoms with Crippen LogP contribution < -0.4 is 5.32 Å². The fourth-order valence-electron chi connectivity index (χ4n) is 2.55. The first-order chi connectivity index (χ1) is 6.41. The van der Waals surface area contributed by atoms with Crippen molar-refractivity contribution in [2.45, 2.75) is 66.3 Å². The molecular weight excluding hydrogens is 170 g/mol. The van der Waals surface area contributed by atoms with Crippen LogP contribution in [0.3, 0.4) is 0 Å². The quantitative estimate of drug-likeness (QED) is 0.657. The van der Waals surface area contributed by atoms with Gasteiger partial charge in [0, 0.05) is 6.04 Å². The van der Waals surface area contributed by atoms with E-state index in [1.807, 2.05) is 0 Å². The number of hydrogen-bond acceptors (Lipinski definition) is 1. The summed E-state index contributed by atoms with van der Waals surface area (Å²) in [5.41, 5.74) is 0.483. The van der Waals surface area contributed by atoms with E-state index in [2.05, 4.69) is 47.0 Å². The summed E-state index contributed by atoms with van der Waals surface area (Å²) >= 11 is 0. The highest BCUT2D eigenvalue weighted by Gasteiger charge is 2.22. The van der Waals surface area contributed by atoms with Crippen LogP contribution in [0.1, 0.15) is 60.3 Å². The van der Waals surface area contributed by atoms with Gasteiger partial charge in [-0.05, 0) is 38.1 Å². The number of nitrogens with one attached hydrogen (secondary N) is 1. The van der Waals surface area contributed by atoms with Gasteiger partial charge in [-0.3, -0.25) is 0 Å². The van der Waals surface area contributed by atoms with E-state index < -0.39 is 0 Å². The van der Waals surface area contributed by atoms with Crippen LogP contribution in [0, 0.1) is 11.3 Å². The highest BCUT2D eigenvalue weighted by molar-refractivity contribution is 4.76. The third-order valence-corrected chi connectivity index (χ3v) is 3.03. The minimum absolute atomic E-state index is 0.483. The van der Waals surface area contributed by atoms with Crippen LogP contribution in [0.25, 0.3) is 0 Å². The lowest BCUT2D eigenvalue weighted by Gasteiger charge is -2.30. The zero-order valence-electron chi connectivity index (χ0n) is 11.0. The zero-order chi connectivity index (χ0) is 11.2. The third kappa shape index (κ3) is 6.42. The highest BCUT2D eigenvalue weighted by Crippen LogP contribution is 2.32. The lowest BCUT2D eigenvalue weighted by Crippen LogP contribution is -2.29. The molecular formula is C13H29N. The molecule has 0 rings (SSSR count). The van der Waals surface area contributed by atoms with E-state index >= 15 is 0 Å². The van der Waals surface area contributed by atoms with E-state index in [1.54, 1.807) is 0 Å². The summed E-state index contributed by atoms with van der Waals surface area (Å²) in [5.74, 6) is 0.874. The molecule has 0 bridgehead atoms. The summed E-state index contributed by atoms with van der Waals surface area (Å²) in [6.07, 6.45) is 5.32.